The van der Waals surface area contributed by atoms with Crippen LogP contribution >= 0.6 is 0 Å². The zero-order valence-electron chi connectivity index (χ0n) is 13.4. The highest BCUT2D eigenvalue weighted by molar-refractivity contribution is 5.96. The van der Waals surface area contributed by atoms with Crippen LogP contribution in [0.2, 0.25) is 0 Å². The van der Waals surface area contributed by atoms with Crippen LogP contribution < -0.4 is 0 Å². The summed E-state index contributed by atoms with van der Waals surface area (Å²) in [5.74, 6) is 0.947. The van der Waals surface area contributed by atoms with Gasteiger partial charge in [0.15, 0.2) is 0 Å². The number of fused-ring (bicyclic) bond motifs is 3. The van der Waals surface area contributed by atoms with Crippen molar-refractivity contribution in [3.05, 3.63) is 35.1 Å². The first-order chi connectivity index (χ1) is 11.2. The number of halogens is 1. The van der Waals surface area contributed by atoms with Crippen molar-refractivity contribution in [1.82, 2.24) is 9.80 Å². The predicted octanol–water partition coefficient (Wildman–Crippen LogP) is 3.01. The number of carbonyl (C=O) groups excluding carboxylic acids is 1. The summed E-state index contributed by atoms with van der Waals surface area (Å²) in [5.41, 5.74) is 1.68. The van der Waals surface area contributed by atoms with Crippen LogP contribution in [0.3, 0.4) is 0 Å². The molecule has 4 fully saturated rings. The van der Waals surface area contributed by atoms with Gasteiger partial charge >= 0.3 is 0 Å². The van der Waals surface area contributed by atoms with Crippen molar-refractivity contribution in [3.8, 4) is 0 Å². The highest BCUT2D eigenvalue weighted by Gasteiger charge is 2.49. The van der Waals surface area contributed by atoms with Gasteiger partial charge in [-0.05, 0) is 74.2 Å². The van der Waals surface area contributed by atoms with Gasteiger partial charge in [0.05, 0.1) is 0 Å². The topological polar surface area (TPSA) is 23.6 Å². The first-order valence-electron chi connectivity index (χ1n) is 9.05. The Balaban J connectivity index is 1.38. The summed E-state index contributed by atoms with van der Waals surface area (Å²) in [4.78, 5) is 17.7. The number of amides is 1. The van der Waals surface area contributed by atoms with Crippen molar-refractivity contribution in [2.45, 2.75) is 50.1 Å². The van der Waals surface area contributed by atoms with Gasteiger partial charge in [0.2, 0.25) is 0 Å². The van der Waals surface area contributed by atoms with Crippen molar-refractivity contribution in [3.63, 3.8) is 0 Å². The molecule has 4 heteroatoms. The second kappa shape index (κ2) is 5.04. The van der Waals surface area contributed by atoms with Crippen LogP contribution in [0, 0.1) is 11.7 Å². The summed E-state index contributed by atoms with van der Waals surface area (Å²) in [7, 11) is 0. The molecule has 3 atom stereocenters. The monoisotopic (exact) mass is 314 g/mol. The van der Waals surface area contributed by atoms with E-state index in [-0.39, 0.29) is 11.7 Å². The van der Waals surface area contributed by atoms with Gasteiger partial charge in [-0.2, -0.15) is 0 Å². The zero-order valence-corrected chi connectivity index (χ0v) is 13.4. The molecule has 0 bridgehead atoms. The maximum absolute atomic E-state index is 13.6. The van der Waals surface area contributed by atoms with Crippen molar-refractivity contribution in [2.75, 3.05) is 19.6 Å². The molecule has 3 heterocycles. The summed E-state index contributed by atoms with van der Waals surface area (Å²) >= 11 is 0. The first-order valence-corrected chi connectivity index (χ1v) is 9.05. The van der Waals surface area contributed by atoms with E-state index in [0.717, 1.165) is 43.1 Å². The number of nitrogens with zero attached hydrogens (tertiary/aromatic N) is 2. The molecule has 5 rings (SSSR count). The molecule has 0 N–H and O–H groups in total. The van der Waals surface area contributed by atoms with E-state index in [1.165, 1.54) is 31.9 Å². The minimum absolute atomic E-state index is 0.122. The molecule has 122 valence electrons. The second-order valence-electron chi connectivity index (χ2n) is 7.81. The molecule has 1 aliphatic carbocycles. The minimum Gasteiger partial charge on any atom is -0.337 e. The summed E-state index contributed by atoms with van der Waals surface area (Å²) in [5, 5.41) is 0. The number of hydrogen-bond acceptors (Lipinski definition) is 2. The van der Waals surface area contributed by atoms with E-state index in [2.05, 4.69) is 4.90 Å². The molecule has 1 saturated carbocycles. The SMILES string of the molecule is O=C(c1ccc(F)cc1C1CC1)N1C[C@H]2CC3CCCN3[C@H]2C1. The third kappa shape index (κ3) is 2.22. The Hall–Kier alpha value is -1.42. The van der Waals surface area contributed by atoms with Crippen LogP contribution in [0.4, 0.5) is 4.39 Å². The molecule has 0 radical (unpaired) electrons. The largest absolute Gasteiger partial charge is 0.337 e. The lowest BCUT2D eigenvalue weighted by atomic mass is 10.0. The second-order valence-corrected chi connectivity index (χ2v) is 7.81. The van der Waals surface area contributed by atoms with Crippen LogP contribution in [-0.2, 0) is 0 Å². The fourth-order valence-corrected chi connectivity index (χ4v) is 5.16. The number of benzene rings is 1. The van der Waals surface area contributed by atoms with E-state index in [9.17, 15) is 9.18 Å². The third-order valence-electron chi connectivity index (χ3n) is 6.38. The number of rotatable bonds is 2. The van der Waals surface area contributed by atoms with Gasteiger partial charge in [-0.3, -0.25) is 9.69 Å². The van der Waals surface area contributed by atoms with Crippen molar-refractivity contribution in [1.29, 1.82) is 0 Å². The van der Waals surface area contributed by atoms with Gasteiger partial charge in [-0.25, -0.2) is 4.39 Å². The molecule has 0 spiro atoms. The maximum atomic E-state index is 13.6. The van der Waals surface area contributed by atoms with Crippen LogP contribution in [0.5, 0.6) is 0 Å². The highest BCUT2D eigenvalue weighted by Crippen LogP contribution is 2.44. The number of hydrogen-bond donors (Lipinski definition) is 0. The zero-order chi connectivity index (χ0) is 15.6. The van der Waals surface area contributed by atoms with Gasteiger partial charge in [0, 0.05) is 30.7 Å². The van der Waals surface area contributed by atoms with E-state index >= 15 is 0 Å². The summed E-state index contributed by atoms with van der Waals surface area (Å²) in [6.07, 6.45) is 6.08. The van der Waals surface area contributed by atoms with Gasteiger partial charge in [0.25, 0.3) is 5.91 Å². The maximum Gasteiger partial charge on any atom is 0.254 e. The standard InChI is InChI=1S/C19H23FN2O/c20-14-5-6-16(17(9-14)12-3-4-12)19(23)21-10-13-8-15-2-1-7-22(15)18(13)11-21/h5-6,9,12-13,15,18H,1-4,7-8,10-11H2/t13-,15?,18+/m1/s1. The van der Waals surface area contributed by atoms with E-state index in [4.69, 9.17) is 0 Å². The molecule has 4 aliphatic rings. The molecule has 1 amide bonds. The Morgan fingerprint density at radius 2 is 2.04 bits per heavy atom. The molecule has 1 unspecified atom stereocenters. The van der Waals surface area contributed by atoms with Crippen molar-refractivity contribution < 1.29 is 9.18 Å². The quantitative estimate of drug-likeness (QED) is 0.838. The Morgan fingerprint density at radius 3 is 2.87 bits per heavy atom. The lowest BCUT2D eigenvalue weighted by molar-refractivity contribution is 0.0766. The first kappa shape index (κ1) is 14.0. The van der Waals surface area contributed by atoms with Crippen LogP contribution in [-0.4, -0.2) is 47.4 Å². The van der Waals surface area contributed by atoms with E-state index in [0.29, 0.717) is 17.9 Å². The highest BCUT2D eigenvalue weighted by atomic mass is 19.1. The van der Waals surface area contributed by atoms with E-state index < -0.39 is 0 Å². The van der Waals surface area contributed by atoms with Gasteiger partial charge in [0.1, 0.15) is 5.82 Å². The summed E-state index contributed by atoms with van der Waals surface area (Å²) in [6.45, 7) is 2.96. The molecule has 23 heavy (non-hydrogen) atoms. The van der Waals surface area contributed by atoms with Crippen LogP contribution in [0.1, 0.15) is 53.9 Å². The minimum atomic E-state index is -0.221. The average molecular weight is 314 g/mol. The van der Waals surface area contributed by atoms with E-state index in [1.807, 2.05) is 4.90 Å². The van der Waals surface area contributed by atoms with E-state index in [1.54, 1.807) is 12.1 Å². The van der Waals surface area contributed by atoms with Gasteiger partial charge < -0.3 is 4.90 Å². The summed E-state index contributed by atoms with van der Waals surface area (Å²) < 4.78 is 13.6. The van der Waals surface area contributed by atoms with Crippen molar-refractivity contribution in [2.24, 2.45) is 5.92 Å². The molecule has 1 aromatic rings. The smallest absolute Gasteiger partial charge is 0.254 e. The van der Waals surface area contributed by atoms with Gasteiger partial charge in [-0.1, -0.05) is 0 Å². The fraction of sp³-hybridized carbons (Fsp3) is 0.632. The van der Waals surface area contributed by atoms with Crippen LogP contribution in [0.25, 0.3) is 0 Å². The summed E-state index contributed by atoms with van der Waals surface area (Å²) in [6, 6.07) is 6.06. The third-order valence-corrected chi connectivity index (χ3v) is 6.38. The molecule has 3 aliphatic heterocycles. The lowest BCUT2D eigenvalue weighted by Gasteiger charge is -2.25. The Kier molecular flexibility index (Phi) is 3.06. The molecule has 3 saturated heterocycles. The Morgan fingerprint density at radius 1 is 1.17 bits per heavy atom. The van der Waals surface area contributed by atoms with Crippen LogP contribution in [0.15, 0.2) is 18.2 Å². The molecule has 0 aromatic heterocycles. The predicted molar refractivity (Wildman–Crippen MR) is 85.9 cm³/mol. The number of likely N-dealkylation sites (tertiary alicyclic amines) is 1. The molecular weight excluding hydrogens is 291 g/mol. The number of carbonyl (C=O) groups is 1. The molecule has 3 nitrogen and oxygen atoms in total. The van der Waals surface area contributed by atoms with Crippen molar-refractivity contribution >= 4 is 5.91 Å². The molecule has 1 aromatic carbocycles. The van der Waals surface area contributed by atoms with Gasteiger partial charge in [-0.15, -0.1) is 0 Å². The average Bonchev–Trinajstić information content (AvgIpc) is 3.01. The normalized spacial score (nSPS) is 33.1. The lowest BCUT2D eigenvalue weighted by Crippen LogP contribution is -2.38. The Bertz CT molecular complexity index is 657. The molecular formula is C19H23FN2O. The fourth-order valence-electron chi connectivity index (χ4n) is 5.16. The Labute approximate surface area is 136 Å².